The number of aryl methyl sites for hydroxylation is 1. The Hall–Kier alpha value is -3.37. The van der Waals surface area contributed by atoms with Crippen molar-refractivity contribution in [3.05, 3.63) is 128 Å². The van der Waals surface area contributed by atoms with Gasteiger partial charge in [-0.3, -0.25) is 13.9 Å². The molecule has 0 bridgehead atoms. The molecule has 0 aliphatic carbocycles. The summed E-state index contributed by atoms with van der Waals surface area (Å²) in [5, 5.41) is 3.57. The Bertz CT molecular complexity index is 1720. The van der Waals surface area contributed by atoms with Crippen LogP contribution in [0.5, 0.6) is 0 Å². The van der Waals surface area contributed by atoms with E-state index in [0.29, 0.717) is 33.0 Å². The molecule has 0 saturated carbocycles. The predicted octanol–water partition coefficient (Wildman–Crippen LogP) is 7.43. The lowest BCUT2D eigenvalue weighted by Gasteiger charge is -2.34. The molecule has 0 radical (unpaired) electrons. The van der Waals surface area contributed by atoms with E-state index in [-0.39, 0.29) is 29.5 Å². The summed E-state index contributed by atoms with van der Waals surface area (Å²) >= 11 is 16.5. The van der Waals surface area contributed by atoms with Crippen molar-refractivity contribution in [3.63, 3.8) is 0 Å². The third-order valence-electron chi connectivity index (χ3n) is 7.19. The number of hydrogen-bond donors (Lipinski definition) is 1. The Kier molecular flexibility index (Phi) is 12.1. The van der Waals surface area contributed by atoms with Gasteiger partial charge in [0.25, 0.3) is 10.0 Å². The zero-order valence-electron chi connectivity index (χ0n) is 24.9. The number of carbonyl (C=O) groups is 2. The SMILES string of the molecule is CCCNC(=O)[C@@H](Cc1ccccc1)N(Cc1c(Cl)cccc1Cl)C(=O)CN(c1cccc(Br)c1)S(=O)(=O)c1ccc(C)cc1. The first kappa shape index (κ1) is 34.5. The van der Waals surface area contributed by atoms with Gasteiger partial charge in [-0.15, -0.1) is 0 Å². The molecule has 0 aliphatic heterocycles. The number of sulfonamides is 1. The highest BCUT2D eigenvalue weighted by Crippen LogP contribution is 2.30. The van der Waals surface area contributed by atoms with Crippen LogP contribution in [0.4, 0.5) is 5.69 Å². The summed E-state index contributed by atoms with van der Waals surface area (Å²) in [5.74, 6) is -0.971. The second-order valence-corrected chi connectivity index (χ2v) is 14.1. The lowest BCUT2D eigenvalue weighted by molar-refractivity contribution is -0.140. The van der Waals surface area contributed by atoms with Crippen molar-refractivity contribution in [2.24, 2.45) is 0 Å². The van der Waals surface area contributed by atoms with Gasteiger partial charge in [-0.2, -0.15) is 0 Å². The second kappa shape index (κ2) is 15.8. The number of carbonyl (C=O) groups excluding carboxylic acids is 2. The van der Waals surface area contributed by atoms with Crippen LogP contribution in [-0.4, -0.2) is 44.3 Å². The summed E-state index contributed by atoms with van der Waals surface area (Å²) in [6, 6.07) is 26.5. The van der Waals surface area contributed by atoms with Crippen LogP contribution in [-0.2, 0) is 32.6 Å². The number of nitrogens with one attached hydrogen (secondary N) is 1. The zero-order chi connectivity index (χ0) is 32.6. The van der Waals surface area contributed by atoms with Gasteiger partial charge in [0.2, 0.25) is 11.8 Å². The maximum absolute atomic E-state index is 14.5. The number of nitrogens with zero attached hydrogens (tertiary/aromatic N) is 2. The monoisotopic (exact) mass is 729 g/mol. The Labute approximate surface area is 283 Å². The van der Waals surface area contributed by atoms with Crippen LogP contribution >= 0.6 is 39.1 Å². The molecule has 0 aromatic heterocycles. The number of hydrogen-bond acceptors (Lipinski definition) is 4. The van der Waals surface area contributed by atoms with Crippen LogP contribution in [0.1, 0.15) is 30.0 Å². The molecule has 0 saturated heterocycles. The average Bonchev–Trinajstić information content (AvgIpc) is 3.02. The first-order valence-electron chi connectivity index (χ1n) is 14.4. The number of halogens is 3. The summed E-state index contributed by atoms with van der Waals surface area (Å²) in [6.07, 6.45) is 0.880. The molecule has 236 valence electrons. The fraction of sp³-hybridized carbons (Fsp3) is 0.235. The van der Waals surface area contributed by atoms with Gasteiger partial charge in [0.1, 0.15) is 12.6 Å². The maximum atomic E-state index is 14.5. The van der Waals surface area contributed by atoms with E-state index in [1.807, 2.05) is 44.2 Å². The van der Waals surface area contributed by atoms with Gasteiger partial charge >= 0.3 is 0 Å². The van der Waals surface area contributed by atoms with E-state index in [4.69, 9.17) is 23.2 Å². The summed E-state index contributed by atoms with van der Waals surface area (Å²) in [5.41, 5.74) is 2.45. The van der Waals surface area contributed by atoms with Crippen molar-refractivity contribution in [2.45, 2.75) is 44.2 Å². The fourth-order valence-electron chi connectivity index (χ4n) is 4.77. The number of benzene rings is 4. The molecule has 7 nitrogen and oxygen atoms in total. The lowest BCUT2D eigenvalue weighted by Crippen LogP contribution is -2.53. The van der Waals surface area contributed by atoms with E-state index in [0.717, 1.165) is 15.4 Å². The van der Waals surface area contributed by atoms with Crippen LogP contribution in [0.3, 0.4) is 0 Å². The third-order valence-corrected chi connectivity index (χ3v) is 10.2. The molecule has 0 aliphatic rings. The smallest absolute Gasteiger partial charge is 0.264 e. The average molecular weight is 732 g/mol. The molecule has 4 aromatic carbocycles. The van der Waals surface area contributed by atoms with E-state index < -0.39 is 28.5 Å². The van der Waals surface area contributed by atoms with Gasteiger partial charge in [0.15, 0.2) is 0 Å². The normalized spacial score (nSPS) is 11.9. The van der Waals surface area contributed by atoms with E-state index in [2.05, 4.69) is 21.2 Å². The molecule has 4 aromatic rings. The molecule has 1 N–H and O–H groups in total. The minimum Gasteiger partial charge on any atom is -0.354 e. The van der Waals surface area contributed by atoms with Crippen LogP contribution in [0.25, 0.3) is 0 Å². The van der Waals surface area contributed by atoms with Crippen LogP contribution < -0.4 is 9.62 Å². The summed E-state index contributed by atoms with van der Waals surface area (Å²) in [6.45, 7) is 3.50. The van der Waals surface area contributed by atoms with Crippen molar-refractivity contribution in [2.75, 3.05) is 17.4 Å². The third kappa shape index (κ3) is 8.88. The van der Waals surface area contributed by atoms with Crippen molar-refractivity contribution in [1.29, 1.82) is 0 Å². The maximum Gasteiger partial charge on any atom is 0.264 e. The number of amides is 2. The molecule has 0 heterocycles. The summed E-state index contributed by atoms with van der Waals surface area (Å²) in [7, 11) is -4.21. The minimum absolute atomic E-state index is 0.0306. The number of anilines is 1. The highest BCUT2D eigenvalue weighted by atomic mass is 79.9. The molecule has 4 rings (SSSR count). The molecule has 45 heavy (non-hydrogen) atoms. The van der Waals surface area contributed by atoms with Gasteiger partial charge in [-0.05, 0) is 61.4 Å². The molecule has 2 amide bonds. The van der Waals surface area contributed by atoms with E-state index >= 15 is 0 Å². The van der Waals surface area contributed by atoms with Crippen LogP contribution in [0, 0.1) is 6.92 Å². The van der Waals surface area contributed by atoms with Gasteiger partial charge < -0.3 is 10.2 Å². The second-order valence-electron chi connectivity index (χ2n) is 10.5. The van der Waals surface area contributed by atoms with Gasteiger partial charge in [-0.1, -0.05) is 106 Å². The zero-order valence-corrected chi connectivity index (χ0v) is 28.8. The molecule has 0 spiro atoms. The van der Waals surface area contributed by atoms with Gasteiger partial charge in [0.05, 0.1) is 10.6 Å². The predicted molar refractivity (Wildman–Crippen MR) is 184 cm³/mol. The molecule has 0 unspecified atom stereocenters. The minimum atomic E-state index is -4.21. The number of rotatable bonds is 13. The van der Waals surface area contributed by atoms with Crippen LogP contribution in [0.15, 0.2) is 106 Å². The summed E-state index contributed by atoms with van der Waals surface area (Å²) < 4.78 is 30.0. The Morgan fingerprint density at radius 2 is 1.53 bits per heavy atom. The van der Waals surface area contributed by atoms with Gasteiger partial charge in [-0.25, -0.2) is 8.42 Å². The Morgan fingerprint density at radius 3 is 2.16 bits per heavy atom. The van der Waals surface area contributed by atoms with Crippen molar-refractivity contribution in [1.82, 2.24) is 10.2 Å². The highest BCUT2D eigenvalue weighted by Gasteiger charge is 2.35. The molecule has 11 heteroatoms. The molecular weight excluding hydrogens is 697 g/mol. The summed E-state index contributed by atoms with van der Waals surface area (Å²) in [4.78, 5) is 29.7. The van der Waals surface area contributed by atoms with Crippen molar-refractivity contribution in [3.8, 4) is 0 Å². The first-order chi connectivity index (χ1) is 21.5. The quantitative estimate of drug-likeness (QED) is 0.155. The Morgan fingerprint density at radius 1 is 0.889 bits per heavy atom. The standard InChI is InChI=1S/C34H34BrCl2N3O4S/c1-3-19-38-34(42)32(20-25-9-5-4-6-10-25)39(22-29-30(36)13-8-14-31(29)37)33(41)23-40(27-12-7-11-26(35)21-27)45(43,44)28-17-15-24(2)16-18-28/h4-18,21,32H,3,19-20,22-23H2,1-2H3,(H,38,42)/t32-/m1/s1. The van der Waals surface area contributed by atoms with Crippen molar-refractivity contribution >= 4 is 66.7 Å². The van der Waals surface area contributed by atoms with Crippen molar-refractivity contribution < 1.29 is 18.0 Å². The van der Waals surface area contributed by atoms with E-state index in [1.54, 1.807) is 54.6 Å². The Balaban J connectivity index is 1.83. The van der Waals surface area contributed by atoms with Crippen LogP contribution in [0.2, 0.25) is 10.0 Å². The van der Waals surface area contributed by atoms with E-state index in [1.165, 1.54) is 17.0 Å². The molecule has 0 fully saturated rings. The lowest BCUT2D eigenvalue weighted by atomic mass is 10.0. The van der Waals surface area contributed by atoms with Gasteiger partial charge in [0, 0.05) is 39.6 Å². The largest absolute Gasteiger partial charge is 0.354 e. The molecular formula is C34H34BrCl2N3O4S. The molecule has 1 atom stereocenters. The fourth-order valence-corrected chi connectivity index (χ4v) is 7.08. The topological polar surface area (TPSA) is 86.8 Å². The highest BCUT2D eigenvalue weighted by molar-refractivity contribution is 9.10. The van der Waals surface area contributed by atoms with E-state index in [9.17, 15) is 18.0 Å². The first-order valence-corrected chi connectivity index (χ1v) is 17.4.